The molecule has 1 unspecified atom stereocenters. The molecule has 0 aliphatic carbocycles. The lowest BCUT2D eigenvalue weighted by molar-refractivity contribution is 0.300. The van der Waals surface area contributed by atoms with Crippen LogP contribution in [-0.2, 0) is 6.42 Å². The number of hydrogen-bond donors (Lipinski definition) is 0. The molecule has 0 spiro atoms. The molecule has 3 heteroatoms. The lowest BCUT2D eigenvalue weighted by atomic mass is 10.0. The van der Waals surface area contributed by atoms with Crippen molar-refractivity contribution in [1.29, 1.82) is 0 Å². The number of para-hydroxylation sites is 1. The maximum Gasteiger partial charge on any atom is 0.163 e. The Kier molecular flexibility index (Phi) is 13.0. The van der Waals surface area contributed by atoms with Crippen LogP contribution in [0.15, 0.2) is 36.5 Å². The van der Waals surface area contributed by atoms with Gasteiger partial charge in [0.1, 0.15) is 5.75 Å². The van der Waals surface area contributed by atoms with E-state index in [0.29, 0.717) is 0 Å². The normalized spacial score (nSPS) is 12.1. The van der Waals surface area contributed by atoms with Crippen molar-refractivity contribution < 1.29 is 4.74 Å². The Morgan fingerprint density at radius 3 is 2.35 bits per heavy atom. The van der Waals surface area contributed by atoms with E-state index in [1.165, 1.54) is 70.6 Å². The van der Waals surface area contributed by atoms with Crippen LogP contribution in [0.25, 0.3) is 11.4 Å². The van der Waals surface area contributed by atoms with Crippen LogP contribution in [0.2, 0.25) is 0 Å². The highest BCUT2D eigenvalue weighted by molar-refractivity contribution is 5.63. The highest BCUT2D eigenvalue weighted by Crippen LogP contribution is 2.27. The second kappa shape index (κ2) is 15.8. The number of hydrogen-bond acceptors (Lipinski definition) is 3. The van der Waals surface area contributed by atoms with Crippen LogP contribution in [0, 0.1) is 5.92 Å². The first kappa shape index (κ1) is 25.4. The summed E-state index contributed by atoms with van der Waals surface area (Å²) in [7, 11) is 0. The van der Waals surface area contributed by atoms with Crippen molar-refractivity contribution in [2.75, 3.05) is 6.61 Å². The zero-order valence-electron chi connectivity index (χ0n) is 20.2. The summed E-state index contributed by atoms with van der Waals surface area (Å²) in [6, 6.07) is 10.2. The molecule has 2 rings (SSSR count). The van der Waals surface area contributed by atoms with Gasteiger partial charge in [-0.1, -0.05) is 90.7 Å². The topological polar surface area (TPSA) is 35.0 Å². The van der Waals surface area contributed by atoms with Gasteiger partial charge in [-0.25, -0.2) is 9.97 Å². The minimum absolute atomic E-state index is 0.755. The molecule has 0 fully saturated rings. The van der Waals surface area contributed by atoms with E-state index in [2.05, 4.69) is 37.9 Å². The van der Waals surface area contributed by atoms with Crippen LogP contribution in [-0.4, -0.2) is 16.6 Å². The maximum atomic E-state index is 6.12. The van der Waals surface area contributed by atoms with Crippen LogP contribution in [0.5, 0.6) is 5.75 Å². The molecule has 0 amide bonds. The van der Waals surface area contributed by atoms with Gasteiger partial charge in [0.05, 0.1) is 12.2 Å². The van der Waals surface area contributed by atoms with Crippen molar-refractivity contribution in [2.24, 2.45) is 5.92 Å². The fourth-order valence-electron chi connectivity index (χ4n) is 3.86. The van der Waals surface area contributed by atoms with Gasteiger partial charge in [0.25, 0.3) is 0 Å². The average Bonchev–Trinajstić information content (AvgIpc) is 2.81. The van der Waals surface area contributed by atoms with Gasteiger partial charge in [-0.15, -0.1) is 0 Å². The molecule has 172 valence electrons. The molecule has 1 atom stereocenters. The van der Waals surface area contributed by atoms with Crippen molar-refractivity contribution >= 4 is 0 Å². The molecule has 0 saturated heterocycles. The van der Waals surface area contributed by atoms with E-state index in [1.54, 1.807) is 0 Å². The van der Waals surface area contributed by atoms with E-state index >= 15 is 0 Å². The van der Waals surface area contributed by atoms with E-state index in [-0.39, 0.29) is 0 Å². The third-order valence-corrected chi connectivity index (χ3v) is 6.17. The van der Waals surface area contributed by atoms with E-state index < -0.39 is 0 Å². The van der Waals surface area contributed by atoms with Gasteiger partial charge in [0, 0.05) is 11.9 Å². The molecule has 0 radical (unpaired) electrons. The van der Waals surface area contributed by atoms with Gasteiger partial charge >= 0.3 is 0 Å². The number of ether oxygens (including phenoxy) is 1. The van der Waals surface area contributed by atoms with Gasteiger partial charge in [0.15, 0.2) is 5.82 Å². The minimum Gasteiger partial charge on any atom is -0.493 e. The fraction of sp³-hybridized carbons (Fsp3) is 0.643. The molecule has 0 saturated carbocycles. The molecule has 0 aliphatic rings. The van der Waals surface area contributed by atoms with Crippen LogP contribution in [0.4, 0.5) is 0 Å². The largest absolute Gasteiger partial charge is 0.493 e. The summed E-state index contributed by atoms with van der Waals surface area (Å²) in [5.74, 6) is 2.49. The van der Waals surface area contributed by atoms with Crippen LogP contribution in [0.3, 0.4) is 0 Å². The van der Waals surface area contributed by atoms with E-state index in [0.717, 1.165) is 48.2 Å². The van der Waals surface area contributed by atoms with Gasteiger partial charge in [-0.2, -0.15) is 0 Å². The quantitative estimate of drug-likeness (QED) is 0.239. The lowest BCUT2D eigenvalue weighted by Gasteiger charge is -2.12. The highest BCUT2D eigenvalue weighted by atomic mass is 16.5. The van der Waals surface area contributed by atoms with E-state index in [9.17, 15) is 0 Å². The molecular weight excluding hydrogens is 380 g/mol. The van der Waals surface area contributed by atoms with Crippen molar-refractivity contribution in [1.82, 2.24) is 9.97 Å². The molecule has 1 aromatic heterocycles. The summed E-state index contributed by atoms with van der Waals surface area (Å²) < 4.78 is 6.12. The Morgan fingerprint density at radius 1 is 0.839 bits per heavy atom. The van der Waals surface area contributed by atoms with Crippen molar-refractivity contribution in [3.63, 3.8) is 0 Å². The third-order valence-electron chi connectivity index (χ3n) is 6.17. The molecule has 1 aromatic carbocycles. The van der Waals surface area contributed by atoms with E-state index in [4.69, 9.17) is 9.72 Å². The zero-order valence-corrected chi connectivity index (χ0v) is 20.2. The number of unbranched alkanes of at least 4 members (excludes halogenated alkanes) is 8. The van der Waals surface area contributed by atoms with Crippen LogP contribution in [0.1, 0.15) is 104 Å². The Balaban J connectivity index is 1.81. The molecule has 31 heavy (non-hydrogen) atoms. The monoisotopic (exact) mass is 424 g/mol. The van der Waals surface area contributed by atoms with Crippen LogP contribution < -0.4 is 4.74 Å². The van der Waals surface area contributed by atoms with Crippen molar-refractivity contribution in [3.8, 4) is 17.1 Å². The summed E-state index contributed by atoms with van der Waals surface area (Å²) in [6.45, 7) is 7.62. The number of aromatic nitrogens is 2. The Hall–Kier alpha value is -1.90. The first-order chi connectivity index (χ1) is 15.2. The lowest BCUT2D eigenvalue weighted by Crippen LogP contribution is -2.02. The number of rotatable bonds is 17. The van der Waals surface area contributed by atoms with Crippen LogP contribution >= 0.6 is 0 Å². The first-order valence-corrected chi connectivity index (χ1v) is 12.8. The Bertz CT molecular complexity index is 716. The number of nitrogens with zero attached hydrogens (tertiary/aromatic N) is 2. The molecular formula is C28H44N2O. The Morgan fingerprint density at radius 2 is 1.58 bits per heavy atom. The molecule has 2 aromatic rings. The highest BCUT2D eigenvalue weighted by Gasteiger charge is 2.10. The summed E-state index contributed by atoms with van der Waals surface area (Å²) in [5.41, 5.74) is 2.14. The summed E-state index contributed by atoms with van der Waals surface area (Å²) in [6.07, 6.45) is 18.5. The van der Waals surface area contributed by atoms with Gasteiger partial charge in [-0.3, -0.25) is 0 Å². The number of aryl methyl sites for hydroxylation is 1. The summed E-state index contributed by atoms with van der Waals surface area (Å²) in [4.78, 5) is 9.39. The molecule has 1 heterocycles. The average molecular weight is 425 g/mol. The smallest absolute Gasteiger partial charge is 0.163 e. The predicted octanol–water partition coefficient (Wildman–Crippen LogP) is 8.42. The second-order valence-corrected chi connectivity index (χ2v) is 8.95. The zero-order chi connectivity index (χ0) is 22.2. The SMILES string of the molecule is CCCCCCCCCCc1ccnc(-c2ccccc2OCCCCC(C)CC)n1. The molecule has 0 bridgehead atoms. The Labute approximate surface area is 191 Å². The maximum absolute atomic E-state index is 6.12. The van der Waals surface area contributed by atoms with Gasteiger partial charge < -0.3 is 4.74 Å². The first-order valence-electron chi connectivity index (χ1n) is 12.8. The number of benzene rings is 1. The minimum atomic E-state index is 0.755. The predicted molar refractivity (Wildman–Crippen MR) is 133 cm³/mol. The molecule has 3 nitrogen and oxygen atoms in total. The van der Waals surface area contributed by atoms with Gasteiger partial charge in [0.2, 0.25) is 0 Å². The van der Waals surface area contributed by atoms with E-state index in [1.807, 2.05) is 24.4 Å². The molecule has 0 N–H and O–H groups in total. The fourth-order valence-corrected chi connectivity index (χ4v) is 3.86. The summed E-state index contributed by atoms with van der Waals surface area (Å²) >= 11 is 0. The standard InChI is InChI=1S/C28H44N2O/c1-4-6-7-8-9-10-11-12-18-25-21-22-29-28(30-25)26-19-13-14-20-27(26)31-23-16-15-17-24(3)5-2/h13-14,19-22,24H,4-12,15-18,23H2,1-3H3. The van der Waals surface area contributed by atoms with Crippen molar-refractivity contribution in [2.45, 2.75) is 104 Å². The summed E-state index contributed by atoms with van der Waals surface area (Å²) in [5, 5.41) is 0. The third kappa shape index (κ3) is 10.3. The van der Waals surface area contributed by atoms with Crippen molar-refractivity contribution in [3.05, 3.63) is 42.2 Å². The van der Waals surface area contributed by atoms with Gasteiger partial charge in [-0.05, 0) is 49.8 Å². The molecule has 0 aliphatic heterocycles. The second-order valence-electron chi connectivity index (χ2n) is 8.95.